The lowest BCUT2D eigenvalue weighted by Crippen LogP contribution is -2.32. The van der Waals surface area contributed by atoms with Gasteiger partial charge in [-0.2, -0.15) is 0 Å². The summed E-state index contributed by atoms with van der Waals surface area (Å²) in [7, 11) is 3.56. The van der Waals surface area contributed by atoms with Gasteiger partial charge in [-0.15, -0.1) is 0 Å². The van der Waals surface area contributed by atoms with Crippen molar-refractivity contribution < 1.29 is 9.53 Å². The summed E-state index contributed by atoms with van der Waals surface area (Å²) in [6, 6.07) is 11.2. The van der Waals surface area contributed by atoms with Crippen LogP contribution in [0, 0.1) is 5.92 Å². The van der Waals surface area contributed by atoms with Crippen LogP contribution >= 0.6 is 0 Å². The number of carbonyl (C=O) groups is 1. The van der Waals surface area contributed by atoms with Crippen molar-refractivity contribution in [3.05, 3.63) is 54.0 Å². The molecule has 2 heterocycles. The standard InChI is InChI=1S/C21H26N4O2/c1-14(2)12-17(21-24-16-9-7-11-22-20(16)25(21)3)23-19(26)13-15-8-5-6-10-18(15)27-4/h5-11,14,17H,12-13H2,1-4H3,(H,23,26)/t17-/m1/s1. The van der Waals surface area contributed by atoms with E-state index in [9.17, 15) is 4.79 Å². The summed E-state index contributed by atoms with van der Waals surface area (Å²) in [5, 5.41) is 3.16. The molecule has 2 aromatic heterocycles. The molecule has 0 spiro atoms. The van der Waals surface area contributed by atoms with Crippen molar-refractivity contribution >= 4 is 17.1 Å². The SMILES string of the molecule is COc1ccccc1CC(=O)N[C@H](CC(C)C)c1nc2cccnc2n1C. The number of ether oxygens (including phenoxy) is 1. The number of nitrogens with one attached hydrogen (secondary N) is 1. The van der Waals surface area contributed by atoms with Gasteiger partial charge < -0.3 is 14.6 Å². The highest BCUT2D eigenvalue weighted by molar-refractivity contribution is 5.80. The predicted octanol–water partition coefficient (Wildman–Crippen LogP) is 3.42. The van der Waals surface area contributed by atoms with Crippen LogP contribution in [0.1, 0.15) is 37.7 Å². The van der Waals surface area contributed by atoms with Crippen molar-refractivity contribution in [1.82, 2.24) is 19.9 Å². The number of aryl methyl sites for hydroxylation is 1. The highest BCUT2D eigenvalue weighted by Gasteiger charge is 2.22. The number of rotatable bonds is 7. The topological polar surface area (TPSA) is 69.0 Å². The second kappa shape index (κ2) is 8.20. The van der Waals surface area contributed by atoms with Crippen LogP contribution in [0.3, 0.4) is 0 Å². The predicted molar refractivity (Wildman–Crippen MR) is 106 cm³/mol. The van der Waals surface area contributed by atoms with E-state index in [0.717, 1.165) is 34.7 Å². The number of carbonyl (C=O) groups excluding carboxylic acids is 1. The average molecular weight is 366 g/mol. The third kappa shape index (κ3) is 4.27. The molecule has 0 aliphatic carbocycles. The Morgan fingerprint density at radius 1 is 1.22 bits per heavy atom. The van der Waals surface area contributed by atoms with Gasteiger partial charge in [-0.25, -0.2) is 9.97 Å². The normalized spacial score (nSPS) is 12.3. The van der Waals surface area contributed by atoms with Gasteiger partial charge in [0, 0.05) is 18.8 Å². The number of fused-ring (bicyclic) bond motifs is 1. The molecular weight excluding hydrogens is 340 g/mol. The summed E-state index contributed by atoms with van der Waals surface area (Å²) in [6.07, 6.45) is 2.82. The van der Waals surface area contributed by atoms with Crippen molar-refractivity contribution in [2.75, 3.05) is 7.11 Å². The first-order chi connectivity index (χ1) is 13.0. The number of hydrogen-bond donors (Lipinski definition) is 1. The number of benzene rings is 1. The first-order valence-corrected chi connectivity index (χ1v) is 9.18. The maximum Gasteiger partial charge on any atom is 0.225 e. The van der Waals surface area contributed by atoms with E-state index in [4.69, 9.17) is 9.72 Å². The highest BCUT2D eigenvalue weighted by Crippen LogP contribution is 2.24. The van der Waals surface area contributed by atoms with Crippen molar-refractivity contribution in [3.63, 3.8) is 0 Å². The second-order valence-corrected chi connectivity index (χ2v) is 7.11. The molecule has 1 atom stereocenters. The van der Waals surface area contributed by atoms with Gasteiger partial charge >= 0.3 is 0 Å². The van der Waals surface area contributed by atoms with Crippen LogP contribution < -0.4 is 10.1 Å². The molecule has 3 aromatic rings. The van der Waals surface area contributed by atoms with E-state index in [0.29, 0.717) is 5.92 Å². The van der Waals surface area contributed by atoms with Gasteiger partial charge in [-0.3, -0.25) is 4.79 Å². The fourth-order valence-electron chi connectivity index (χ4n) is 3.32. The van der Waals surface area contributed by atoms with Gasteiger partial charge in [0.15, 0.2) is 5.65 Å². The van der Waals surface area contributed by atoms with E-state index >= 15 is 0 Å². The van der Waals surface area contributed by atoms with Crippen LogP contribution in [0.4, 0.5) is 0 Å². The van der Waals surface area contributed by atoms with Crippen LogP contribution in [0.5, 0.6) is 5.75 Å². The lowest BCUT2D eigenvalue weighted by atomic mass is 10.0. The van der Waals surface area contributed by atoms with Crippen molar-refractivity contribution in [2.24, 2.45) is 13.0 Å². The minimum absolute atomic E-state index is 0.0508. The molecule has 6 heteroatoms. The Balaban J connectivity index is 1.84. The molecule has 0 radical (unpaired) electrons. The molecule has 1 amide bonds. The van der Waals surface area contributed by atoms with Crippen LogP contribution in [0.25, 0.3) is 11.2 Å². The monoisotopic (exact) mass is 366 g/mol. The van der Waals surface area contributed by atoms with Crippen molar-refractivity contribution in [2.45, 2.75) is 32.7 Å². The molecule has 142 valence electrons. The van der Waals surface area contributed by atoms with Crippen LogP contribution in [0.2, 0.25) is 0 Å². The molecule has 0 saturated heterocycles. The maximum absolute atomic E-state index is 12.8. The zero-order valence-electron chi connectivity index (χ0n) is 16.3. The minimum Gasteiger partial charge on any atom is -0.496 e. The van der Waals surface area contributed by atoms with Gasteiger partial charge in [-0.1, -0.05) is 32.0 Å². The maximum atomic E-state index is 12.8. The lowest BCUT2D eigenvalue weighted by molar-refractivity contribution is -0.121. The number of pyridine rings is 1. The molecular formula is C21H26N4O2. The lowest BCUT2D eigenvalue weighted by Gasteiger charge is -2.20. The fourth-order valence-corrected chi connectivity index (χ4v) is 3.32. The van der Waals surface area contributed by atoms with E-state index in [1.807, 2.05) is 48.0 Å². The molecule has 0 bridgehead atoms. The molecule has 1 aromatic carbocycles. The Bertz CT molecular complexity index is 933. The molecule has 3 rings (SSSR count). The number of para-hydroxylation sites is 1. The van der Waals surface area contributed by atoms with Crippen LogP contribution in [0.15, 0.2) is 42.6 Å². The molecule has 0 unspecified atom stereocenters. The Morgan fingerprint density at radius 3 is 2.70 bits per heavy atom. The minimum atomic E-state index is -0.175. The van der Waals surface area contributed by atoms with Gasteiger partial charge in [0.25, 0.3) is 0 Å². The van der Waals surface area contributed by atoms with E-state index in [1.54, 1.807) is 13.3 Å². The first-order valence-electron chi connectivity index (χ1n) is 9.18. The Morgan fingerprint density at radius 2 is 2.00 bits per heavy atom. The van der Waals surface area contributed by atoms with E-state index < -0.39 is 0 Å². The zero-order valence-corrected chi connectivity index (χ0v) is 16.3. The average Bonchev–Trinajstić information content (AvgIpc) is 2.98. The number of hydrogen-bond acceptors (Lipinski definition) is 4. The summed E-state index contributed by atoms with van der Waals surface area (Å²) >= 11 is 0. The Kier molecular flexibility index (Phi) is 5.74. The third-order valence-corrected chi connectivity index (χ3v) is 4.56. The van der Waals surface area contributed by atoms with Gasteiger partial charge in [0.1, 0.15) is 17.1 Å². The largest absolute Gasteiger partial charge is 0.496 e. The summed E-state index contributed by atoms with van der Waals surface area (Å²) in [5.41, 5.74) is 2.52. The number of amides is 1. The first kappa shape index (κ1) is 18.9. The summed E-state index contributed by atoms with van der Waals surface area (Å²) in [4.78, 5) is 21.9. The Labute approximate surface area is 159 Å². The molecule has 6 nitrogen and oxygen atoms in total. The van der Waals surface area contributed by atoms with Crippen LogP contribution in [-0.2, 0) is 18.3 Å². The number of methoxy groups -OCH3 is 1. The quantitative estimate of drug-likeness (QED) is 0.696. The number of nitrogens with zero attached hydrogens (tertiary/aromatic N) is 3. The molecule has 1 N–H and O–H groups in total. The van der Waals surface area contributed by atoms with Gasteiger partial charge in [0.05, 0.1) is 19.6 Å². The summed E-state index contributed by atoms with van der Waals surface area (Å²) in [6.45, 7) is 4.28. The zero-order chi connectivity index (χ0) is 19.4. The fraction of sp³-hybridized carbons (Fsp3) is 0.381. The summed E-state index contributed by atoms with van der Waals surface area (Å²) < 4.78 is 7.32. The number of aromatic nitrogens is 3. The van der Waals surface area contributed by atoms with Crippen LogP contribution in [-0.4, -0.2) is 27.6 Å². The van der Waals surface area contributed by atoms with Gasteiger partial charge in [0.2, 0.25) is 5.91 Å². The van der Waals surface area contributed by atoms with E-state index in [2.05, 4.69) is 24.1 Å². The van der Waals surface area contributed by atoms with Gasteiger partial charge in [-0.05, 0) is 30.5 Å². The smallest absolute Gasteiger partial charge is 0.225 e. The molecule has 0 saturated carbocycles. The van der Waals surface area contributed by atoms with Crippen molar-refractivity contribution in [3.8, 4) is 5.75 Å². The number of imidazole rings is 1. The molecule has 0 aliphatic heterocycles. The molecule has 27 heavy (non-hydrogen) atoms. The second-order valence-electron chi connectivity index (χ2n) is 7.11. The van der Waals surface area contributed by atoms with E-state index in [-0.39, 0.29) is 18.4 Å². The van der Waals surface area contributed by atoms with Crippen molar-refractivity contribution in [1.29, 1.82) is 0 Å². The van der Waals surface area contributed by atoms with E-state index in [1.165, 1.54) is 0 Å². The summed E-state index contributed by atoms with van der Waals surface area (Å²) in [5.74, 6) is 1.91. The molecule has 0 aliphatic rings. The molecule has 0 fully saturated rings. The highest BCUT2D eigenvalue weighted by atomic mass is 16.5. The third-order valence-electron chi connectivity index (χ3n) is 4.56. The Hall–Kier alpha value is -2.89.